The van der Waals surface area contributed by atoms with E-state index in [1.54, 1.807) is 0 Å². The standard InChI is InChI=1S/C13H23NO2/c1-6-10-8-9-11(7-2)14(10)12(15)16-13(3,4)5/h8-11H,6-7H2,1-5H3/t10-,11+. The second-order valence-corrected chi connectivity index (χ2v) is 5.22. The van der Waals surface area contributed by atoms with Crippen molar-refractivity contribution in [1.82, 2.24) is 4.90 Å². The van der Waals surface area contributed by atoms with Crippen molar-refractivity contribution in [2.24, 2.45) is 0 Å². The van der Waals surface area contributed by atoms with Gasteiger partial charge in [0.1, 0.15) is 5.60 Å². The molecule has 0 fully saturated rings. The summed E-state index contributed by atoms with van der Waals surface area (Å²) in [5.41, 5.74) is -0.420. The van der Waals surface area contributed by atoms with Crippen molar-refractivity contribution >= 4 is 6.09 Å². The molecule has 1 amide bonds. The van der Waals surface area contributed by atoms with Gasteiger partial charge in [-0.25, -0.2) is 4.79 Å². The van der Waals surface area contributed by atoms with E-state index in [9.17, 15) is 4.79 Å². The summed E-state index contributed by atoms with van der Waals surface area (Å²) in [5.74, 6) is 0. The molecule has 3 heteroatoms. The van der Waals surface area contributed by atoms with Crippen molar-refractivity contribution < 1.29 is 9.53 Å². The Morgan fingerprint density at radius 3 is 1.94 bits per heavy atom. The molecule has 16 heavy (non-hydrogen) atoms. The molecule has 3 nitrogen and oxygen atoms in total. The maximum atomic E-state index is 12.1. The first-order chi connectivity index (χ1) is 7.39. The Morgan fingerprint density at radius 2 is 1.62 bits per heavy atom. The minimum Gasteiger partial charge on any atom is -0.444 e. The quantitative estimate of drug-likeness (QED) is 0.674. The van der Waals surface area contributed by atoms with Crippen LogP contribution in [0.25, 0.3) is 0 Å². The first-order valence-electron chi connectivity index (χ1n) is 6.08. The summed E-state index contributed by atoms with van der Waals surface area (Å²) >= 11 is 0. The van der Waals surface area contributed by atoms with Crippen LogP contribution >= 0.6 is 0 Å². The first kappa shape index (κ1) is 13.1. The Kier molecular flexibility index (Phi) is 4.00. The van der Waals surface area contributed by atoms with Crippen LogP contribution in [0.5, 0.6) is 0 Å². The number of rotatable bonds is 2. The third-order valence-electron chi connectivity index (χ3n) is 2.71. The van der Waals surface area contributed by atoms with Gasteiger partial charge in [0.15, 0.2) is 0 Å². The van der Waals surface area contributed by atoms with E-state index < -0.39 is 5.60 Å². The summed E-state index contributed by atoms with van der Waals surface area (Å²) in [6.07, 6.45) is 5.89. The third-order valence-corrected chi connectivity index (χ3v) is 2.71. The zero-order chi connectivity index (χ0) is 12.3. The Morgan fingerprint density at radius 1 is 1.19 bits per heavy atom. The van der Waals surface area contributed by atoms with E-state index in [4.69, 9.17) is 4.74 Å². The molecule has 0 unspecified atom stereocenters. The molecule has 0 aromatic rings. The molecule has 0 spiro atoms. The van der Waals surface area contributed by atoms with Crippen LogP contribution in [0.2, 0.25) is 0 Å². The van der Waals surface area contributed by atoms with E-state index in [-0.39, 0.29) is 18.2 Å². The summed E-state index contributed by atoms with van der Waals surface area (Å²) < 4.78 is 5.43. The molecule has 1 aliphatic heterocycles. The lowest BCUT2D eigenvalue weighted by Crippen LogP contribution is -2.44. The molecule has 2 atom stereocenters. The van der Waals surface area contributed by atoms with E-state index in [1.165, 1.54) is 0 Å². The van der Waals surface area contributed by atoms with E-state index in [1.807, 2.05) is 25.7 Å². The van der Waals surface area contributed by atoms with Crippen LogP contribution in [-0.4, -0.2) is 28.7 Å². The van der Waals surface area contributed by atoms with Crippen LogP contribution in [0.1, 0.15) is 47.5 Å². The average Bonchev–Trinajstić information content (AvgIpc) is 2.57. The lowest BCUT2D eigenvalue weighted by atomic mass is 10.2. The second-order valence-electron chi connectivity index (χ2n) is 5.22. The van der Waals surface area contributed by atoms with Crippen molar-refractivity contribution in [3.8, 4) is 0 Å². The van der Waals surface area contributed by atoms with Crippen LogP contribution in [-0.2, 0) is 4.74 Å². The molecule has 0 aromatic carbocycles. The maximum absolute atomic E-state index is 12.1. The largest absolute Gasteiger partial charge is 0.444 e. The number of carbonyl (C=O) groups excluding carboxylic acids is 1. The molecule has 92 valence electrons. The van der Waals surface area contributed by atoms with Crippen molar-refractivity contribution in [3.05, 3.63) is 12.2 Å². The highest BCUT2D eigenvalue weighted by Crippen LogP contribution is 2.24. The van der Waals surface area contributed by atoms with Crippen molar-refractivity contribution in [3.63, 3.8) is 0 Å². The molecular formula is C13H23NO2. The van der Waals surface area contributed by atoms with Gasteiger partial charge in [-0.1, -0.05) is 26.0 Å². The van der Waals surface area contributed by atoms with Gasteiger partial charge in [0.25, 0.3) is 0 Å². The summed E-state index contributed by atoms with van der Waals surface area (Å²) in [4.78, 5) is 13.9. The Labute approximate surface area is 98.5 Å². The number of amides is 1. The molecule has 0 aliphatic carbocycles. The summed E-state index contributed by atoms with van der Waals surface area (Å²) in [6.45, 7) is 9.87. The van der Waals surface area contributed by atoms with Crippen LogP contribution in [0.15, 0.2) is 12.2 Å². The van der Waals surface area contributed by atoms with Crippen molar-refractivity contribution in [1.29, 1.82) is 0 Å². The molecule has 0 bridgehead atoms. The van der Waals surface area contributed by atoms with Gasteiger partial charge in [-0.3, -0.25) is 4.90 Å². The van der Waals surface area contributed by atoms with Crippen LogP contribution in [0, 0.1) is 0 Å². The van der Waals surface area contributed by atoms with Gasteiger partial charge in [-0.15, -0.1) is 0 Å². The zero-order valence-electron chi connectivity index (χ0n) is 11.0. The van der Waals surface area contributed by atoms with Crippen LogP contribution in [0.3, 0.4) is 0 Å². The van der Waals surface area contributed by atoms with Crippen LogP contribution in [0.4, 0.5) is 4.79 Å². The predicted molar refractivity (Wildman–Crippen MR) is 65.4 cm³/mol. The molecule has 0 saturated heterocycles. The fourth-order valence-electron chi connectivity index (χ4n) is 1.94. The maximum Gasteiger partial charge on any atom is 0.411 e. The normalized spacial score (nSPS) is 24.9. The molecule has 1 rings (SSSR count). The van der Waals surface area contributed by atoms with Gasteiger partial charge in [0.2, 0.25) is 0 Å². The number of nitrogens with zero attached hydrogens (tertiary/aromatic N) is 1. The van der Waals surface area contributed by atoms with Gasteiger partial charge >= 0.3 is 6.09 Å². The molecule has 0 radical (unpaired) electrons. The lowest BCUT2D eigenvalue weighted by Gasteiger charge is -2.32. The summed E-state index contributed by atoms with van der Waals surface area (Å²) in [6, 6.07) is 0.389. The van der Waals surface area contributed by atoms with Gasteiger partial charge in [0, 0.05) is 0 Å². The van der Waals surface area contributed by atoms with Crippen LogP contribution < -0.4 is 0 Å². The van der Waals surface area contributed by atoms with E-state index in [0.717, 1.165) is 12.8 Å². The molecule has 1 heterocycles. The summed E-state index contributed by atoms with van der Waals surface area (Å²) in [7, 11) is 0. The third kappa shape index (κ3) is 3.00. The van der Waals surface area contributed by atoms with Gasteiger partial charge < -0.3 is 4.74 Å². The van der Waals surface area contributed by atoms with Crippen molar-refractivity contribution in [2.45, 2.75) is 65.1 Å². The molecule has 0 saturated carbocycles. The minimum atomic E-state index is -0.420. The Hall–Kier alpha value is -0.990. The number of hydrogen-bond acceptors (Lipinski definition) is 2. The highest BCUT2D eigenvalue weighted by molar-refractivity contribution is 5.70. The zero-order valence-corrected chi connectivity index (χ0v) is 11.0. The SMILES string of the molecule is CC[C@H]1C=C[C@@H](CC)N1C(=O)OC(C)(C)C. The minimum absolute atomic E-state index is 0.194. The Balaban J connectivity index is 2.72. The smallest absolute Gasteiger partial charge is 0.411 e. The van der Waals surface area contributed by atoms with Crippen molar-refractivity contribution in [2.75, 3.05) is 0 Å². The van der Waals surface area contributed by atoms with Gasteiger partial charge in [-0.05, 0) is 33.6 Å². The van der Waals surface area contributed by atoms with E-state index >= 15 is 0 Å². The number of ether oxygens (including phenoxy) is 1. The molecule has 1 aliphatic rings. The fraction of sp³-hybridized carbons (Fsp3) is 0.769. The molecule has 0 aromatic heterocycles. The fourth-order valence-corrected chi connectivity index (χ4v) is 1.94. The lowest BCUT2D eigenvalue weighted by molar-refractivity contribution is 0.0162. The highest BCUT2D eigenvalue weighted by Gasteiger charge is 2.33. The van der Waals surface area contributed by atoms with E-state index in [0.29, 0.717) is 0 Å². The second kappa shape index (κ2) is 4.89. The van der Waals surface area contributed by atoms with Gasteiger partial charge in [-0.2, -0.15) is 0 Å². The number of hydrogen-bond donors (Lipinski definition) is 0. The topological polar surface area (TPSA) is 29.5 Å². The summed E-state index contributed by atoms with van der Waals surface area (Å²) in [5, 5.41) is 0. The predicted octanol–water partition coefficient (Wildman–Crippen LogP) is 3.35. The highest BCUT2D eigenvalue weighted by atomic mass is 16.6. The number of carbonyl (C=O) groups is 1. The average molecular weight is 225 g/mol. The monoisotopic (exact) mass is 225 g/mol. The Bertz CT molecular complexity index is 264. The molecule has 0 N–H and O–H groups in total. The molecular weight excluding hydrogens is 202 g/mol. The van der Waals surface area contributed by atoms with Gasteiger partial charge in [0.05, 0.1) is 12.1 Å². The first-order valence-corrected chi connectivity index (χ1v) is 6.08. The van der Waals surface area contributed by atoms with E-state index in [2.05, 4.69) is 26.0 Å².